The Bertz CT molecular complexity index is 350. The van der Waals surface area contributed by atoms with Crippen LogP contribution in [-0.2, 0) is 9.53 Å². The van der Waals surface area contributed by atoms with E-state index >= 15 is 0 Å². The van der Waals surface area contributed by atoms with Gasteiger partial charge in [-0.15, -0.1) is 0 Å². The molecule has 1 amide bonds. The van der Waals surface area contributed by atoms with E-state index in [1.807, 2.05) is 0 Å². The maximum absolute atomic E-state index is 12.3. The van der Waals surface area contributed by atoms with Gasteiger partial charge in [-0.2, -0.15) is 0 Å². The van der Waals surface area contributed by atoms with Gasteiger partial charge in [0.1, 0.15) is 0 Å². The second kappa shape index (κ2) is 8.27. The van der Waals surface area contributed by atoms with E-state index in [0.717, 1.165) is 51.7 Å². The molecule has 2 fully saturated rings. The first-order valence-corrected chi connectivity index (χ1v) is 8.83. The van der Waals surface area contributed by atoms with Gasteiger partial charge in [-0.1, -0.05) is 6.92 Å². The second-order valence-corrected chi connectivity index (χ2v) is 7.37. The molecule has 1 aliphatic heterocycles. The summed E-state index contributed by atoms with van der Waals surface area (Å²) < 4.78 is 5.41. The lowest BCUT2D eigenvalue weighted by Gasteiger charge is -2.41. The van der Waals surface area contributed by atoms with Gasteiger partial charge < -0.3 is 10.1 Å². The number of carbonyl (C=O) groups excluding carboxylic acids is 1. The van der Waals surface area contributed by atoms with Crippen molar-refractivity contribution in [1.82, 2.24) is 15.1 Å². The molecule has 0 atom stereocenters. The fourth-order valence-corrected chi connectivity index (χ4v) is 3.07. The van der Waals surface area contributed by atoms with E-state index in [1.54, 1.807) is 0 Å². The number of hydrogen-bond donors (Lipinski definition) is 1. The van der Waals surface area contributed by atoms with Crippen molar-refractivity contribution in [2.24, 2.45) is 5.92 Å². The van der Waals surface area contributed by atoms with Crippen molar-refractivity contribution in [2.75, 3.05) is 52.5 Å². The molecule has 0 bridgehead atoms. The summed E-state index contributed by atoms with van der Waals surface area (Å²) in [7, 11) is 0. The number of carbonyl (C=O) groups is 1. The molecule has 0 radical (unpaired) electrons. The molecule has 2 rings (SSSR count). The molecule has 22 heavy (non-hydrogen) atoms. The fraction of sp³-hybridized carbons (Fsp3) is 0.941. The molecule has 0 aromatic rings. The van der Waals surface area contributed by atoms with Crippen molar-refractivity contribution in [3.05, 3.63) is 0 Å². The summed E-state index contributed by atoms with van der Waals surface area (Å²) in [6.07, 6.45) is 3.79. The lowest BCUT2D eigenvalue weighted by atomic mass is 10.0. The smallest absolute Gasteiger partial charge is 0.234 e. The molecule has 1 heterocycles. The van der Waals surface area contributed by atoms with Gasteiger partial charge in [0.05, 0.1) is 19.8 Å². The highest BCUT2D eigenvalue weighted by atomic mass is 16.5. The lowest BCUT2D eigenvalue weighted by Crippen LogP contribution is -2.56. The quantitative estimate of drug-likeness (QED) is 0.698. The molecule has 0 unspecified atom stereocenters. The fourth-order valence-electron chi connectivity index (χ4n) is 3.07. The zero-order valence-corrected chi connectivity index (χ0v) is 14.6. The minimum Gasteiger partial charge on any atom is -0.379 e. The number of hydrogen-bond acceptors (Lipinski definition) is 4. The topological polar surface area (TPSA) is 44.8 Å². The van der Waals surface area contributed by atoms with Gasteiger partial charge in [0, 0.05) is 31.7 Å². The number of nitrogens with one attached hydrogen (secondary N) is 1. The molecule has 128 valence electrons. The van der Waals surface area contributed by atoms with E-state index in [-0.39, 0.29) is 11.4 Å². The number of morpholine rings is 1. The van der Waals surface area contributed by atoms with E-state index in [4.69, 9.17) is 4.74 Å². The third kappa shape index (κ3) is 5.86. The van der Waals surface area contributed by atoms with Crippen molar-refractivity contribution < 1.29 is 9.53 Å². The lowest BCUT2D eigenvalue weighted by molar-refractivity contribution is -0.123. The van der Waals surface area contributed by atoms with Crippen LogP contribution in [0.3, 0.4) is 0 Å². The molecule has 1 saturated heterocycles. The minimum atomic E-state index is -0.00841. The predicted molar refractivity (Wildman–Crippen MR) is 88.9 cm³/mol. The van der Waals surface area contributed by atoms with Crippen LogP contribution in [0.2, 0.25) is 0 Å². The van der Waals surface area contributed by atoms with Crippen LogP contribution < -0.4 is 5.32 Å². The van der Waals surface area contributed by atoms with Crippen LogP contribution in [-0.4, -0.2) is 73.7 Å². The standard InChI is InChI=1S/C17H33N3O2/c1-4-7-19(12-15-5-6-15)13-16(21)18-14-17(2,3)20-8-10-22-11-9-20/h15H,4-14H2,1-3H3,(H,18,21). The van der Waals surface area contributed by atoms with Crippen LogP contribution in [0, 0.1) is 5.92 Å². The summed E-state index contributed by atoms with van der Waals surface area (Å²) >= 11 is 0. The molecule has 1 saturated carbocycles. The van der Waals surface area contributed by atoms with E-state index in [2.05, 4.69) is 35.9 Å². The first kappa shape index (κ1) is 17.7. The van der Waals surface area contributed by atoms with Crippen LogP contribution in [0.25, 0.3) is 0 Å². The second-order valence-electron chi connectivity index (χ2n) is 7.37. The van der Waals surface area contributed by atoms with E-state index < -0.39 is 0 Å². The van der Waals surface area contributed by atoms with Crippen molar-refractivity contribution in [1.29, 1.82) is 0 Å². The van der Waals surface area contributed by atoms with Crippen LogP contribution in [0.15, 0.2) is 0 Å². The molecule has 5 heteroatoms. The van der Waals surface area contributed by atoms with Gasteiger partial charge in [0.2, 0.25) is 5.91 Å². The molecule has 2 aliphatic rings. The van der Waals surface area contributed by atoms with Crippen molar-refractivity contribution in [3.63, 3.8) is 0 Å². The molecular formula is C17H33N3O2. The number of nitrogens with zero attached hydrogens (tertiary/aromatic N) is 2. The van der Waals surface area contributed by atoms with Gasteiger partial charge in [-0.3, -0.25) is 14.6 Å². The highest BCUT2D eigenvalue weighted by molar-refractivity contribution is 5.78. The third-order valence-electron chi connectivity index (χ3n) is 4.71. The Hall–Kier alpha value is -0.650. The molecule has 0 spiro atoms. The van der Waals surface area contributed by atoms with Gasteiger partial charge in [0.15, 0.2) is 0 Å². The molecule has 1 N–H and O–H groups in total. The van der Waals surface area contributed by atoms with E-state index in [0.29, 0.717) is 13.1 Å². The Morgan fingerprint density at radius 2 is 2.00 bits per heavy atom. The maximum atomic E-state index is 12.3. The van der Waals surface area contributed by atoms with Crippen molar-refractivity contribution in [2.45, 2.75) is 45.6 Å². The number of rotatable bonds is 9. The van der Waals surface area contributed by atoms with Crippen LogP contribution in [0.5, 0.6) is 0 Å². The SMILES string of the molecule is CCCN(CC(=O)NCC(C)(C)N1CCOCC1)CC1CC1. The molecule has 0 aromatic carbocycles. The Kier molecular flexibility index (Phi) is 6.66. The Morgan fingerprint density at radius 1 is 1.32 bits per heavy atom. The first-order valence-electron chi connectivity index (χ1n) is 8.83. The highest BCUT2D eigenvalue weighted by Gasteiger charge is 2.29. The number of ether oxygens (including phenoxy) is 1. The van der Waals surface area contributed by atoms with Crippen molar-refractivity contribution in [3.8, 4) is 0 Å². The Labute approximate surface area is 135 Å². The Balaban J connectivity index is 1.72. The summed E-state index contributed by atoms with van der Waals surface area (Å²) in [6, 6.07) is 0. The van der Waals surface area contributed by atoms with E-state index in [1.165, 1.54) is 12.8 Å². The van der Waals surface area contributed by atoms with Crippen LogP contribution >= 0.6 is 0 Å². The monoisotopic (exact) mass is 311 g/mol. The molecule has 0 aromatic heterocycles. The average Bonchev–Trinajstić information content (AvgIpc) is 3.30. The summed E-state index contributed by atoms with van der Waals surface area (Å²) in [5.41, 5.74) is -0.00841. The van der Waals surface area contributed by atoms with Gasteiger partial charge in [-0.05, 0) is 45.6 Å². The molecular weight excluding hydrogens is 278 g/mol. The maximum Gasteiger partial charge on any atom is 0.234 e. The summed E-state index contributed by atoms with van der Waals surface area (Å²) in [5.74, 6) is 1.000. The number of amides is 1. The molecule has 5 nitrogen and oxygen atoms in total. The first-order chi connectivity index (χ1) is 10.5. The summed E-state index contributed by atoms with van der Waals surface area (Å²) in [5, 5.41) is 3.14. The van der Waals surface area contributed by atoms with Gasteiger partial charge in [0.25, 0.3) is 0 Å². The van der Waals surface area contributed by atoms with Crippen LogP contribution in [0.4, 0.5) is 0 Å². The van der Waals surface area contributed by atoms with Gasteiger partial charge in [-0.25, -0.2) is 0 Å². The third-order valence-corrected chi connectivity index (χ3v) is 4.71. The van der Waals surface area contributed by atoms with Crippen molar-refractivity contribution >= 4 is 5.91 Å². The molecule has 1 aliphatic carbocycles. The van der Waals surface area contributed by atoms with E-state index in [9.17, 15) is 4.79 Å². The van der Waals surface area contributed by atoms with Gasteiger partial charge >= 0.3 is 0 Å². The Morgan fingerprint density at radius 3 is 2.59 bits per heavy atom. The zero-order chi connectivity index (χ0) is 16.0. The summed E-state index contributed by atoms with van der Waals surface area (Å²) in [6.45, 7) is 13.4. The normalized spacial score (nSPS) is 20.4. The highest BCUT2D eigenvalue weighted by Crippen LogP contribution is 2.29. The zero-order valence-electron chi connectivity index (χ0n) is 14.6. The largest absolute Gasteiger partial charge is 0.379 e. The minimum absolute atomic E-state index is 0.00841. The average molecular weight is 311 g/mol. The summed E-state index contributed by atoms with van der Waals surface area (Å²) in [4.78, 5) is 17.0. The predicted octanol–water partition coefficient (Wildman–Crippen LogP) is 1.34. The van der Waals surface area contributed by atoms with Crippen LogP contribution in [0.1, 0.15) is 40.0 Å².